The van der Waals surface area contributed by atoms with Gasteiger partial charge in [0.2, 0.25) is 10.0 Å². The summed E-state index contributed by atoms with van der Waals surface area (Å²) in [6.07, 6.45) is 5.07. The molecule has 0 radical (unpaired) electrons. The second-order valence-corrected chi connectivity index (χ2v) is 8.58. The molecule has 3 rings (SSSR count). The van der Waals surface area contributed by atoms with Crippen LogP contribution in [0, 0.1) is 0 Å². The highest BCUT2D eigenvalue weighted by molar-refractivity contribution is 7.89. The van der Waals surface area contributed by atoms with Crippen molar-refractivity contribution in [1.29, 1.82) is 0 Å². The van der Waals surface area contributed by atoms with Gasteiger partial charge in [-0.1, -0.05) is 35.9 Å². The van der Waals surface area contributed by atoms with Gasteiger partial charge in [-0.25, -0.2) is 17.9 Å². The van der Waals surface area contributed by atoms with Gasteiger partial charge in [0.05, 0.1) is 4.90 Å². The average molecular weight is 459 g/mol. The third-order valence-corrected chi connectivity index (χ3v) is 5.90. The first-order valence-corrected chi connectivity index (χ1v) is 11.0. The summed E-state index contributed by atoms with van der Waals surface area (Å²) in [5.41, 5.74) is 2.35. The van der Waals surface area contributed by atoms with Gasteiger partial charge in [-0.05, 0) is 53.6 Å². The molecule has 2 N–H and O–H groups in total. The molecule has 0 saturated carbocycles. The molecule has 9 heteroatoms. The lowest BCUT2D eigenvalue weighted by molar-refractivity contribution is -0.139. The third kappa shape index (κ3) is 6.39. The third-order valence-electron chi connectivity index (χ3n) is 4.20. The fraction of sp³-hybridized carbons (Fsp3) is 0.0909. The molecule has 1 aromatic heterocycles. The van der Waals surface area contributed by atoms with E-state index < -0.39 is 22.6 Å². The Balaban J connectivity index is 1.82. The quantitative estimate of drug-likeness (QED) is 0.507. The number of sulfonamides is 1. The molecule has 0 unspecified atom stereocenters. The van der Waals surface area contributed by atoms with E-state index in [4.69, 9.17) is 21.4 Å². The minimum Gasteiger partial charge on any atom is -0.482 e. The zero-order valence-electron chi connectivity index (χ0n) is 16.2. The number of carboxylic acids is 1. The SMILES string of the molecule is O=C(O)COc1ccc(/C(=C\CNS(=O)(=O)c2ccc(Cl)cc2)c2cccnc2)cc1. The number of aromatic nitrogens is 1. The maximum atomic E-state index is 12.5. The number of nitrogens with zero attached hydrogens (tertiary/aromatic N) is 1. The van der Waals surface area contributed by atoms with E-state index in [1.165, 1.54) is 24.3 Å². The van der Waals surface area contributed by atoms with Gasteiger partial charge < -0.3 is 9.84 Å². The number of carbonyl (C=O) groups is 1. The van der Waals surface area contributed by atoms with Gasteiger partial charge >= 0.3 is 5.97 Å². The summed E-state index contributed by atoms with van der Waals surface area (Å²) in [6.45, 7) is -0.385. The number of aliphatic carboxylic acids is 1. The van der Waals surface area contributed by atoms with E-state index in [2.05, 4.69) is 9.71 Å². The summed E-state index contributed by atoms with van der Waals surface area (Å²) >= 11 is 5.82. The van der Waals surface area contributed by atoms with Gasteiger partial charge in [-0.2, -0.15) is 0 Å². The number of carboxylic acid groups (broad SMARTS) is 1. The van der Waals surface area contributed by atoms with Crippen LogP contribution in [0.15, 0.2) is 84.0 Å². The van der Waals surface area contributed by atoms with Crippen LogP contribution in [0.5, 0.6) is 5.75 Å². The van der Waals surface area contributed by atoms with Gasteiger partial charge in [0.15, 0.2) is 6.61 Å². The summed E-state index contributed by atoms with van der Waals surface area (Å²) in [5, 5.41) is 9.17. The van der Waals surface area contributed by atoms with Gasteiger partial charge in [-0.3, -0.25) is 4.98 Å². The van der Waals surface area contributed by atoms with E-state index >= 15 is 0 Å². The highest BCUT2D eigenvalue weighted by Crippen LogP contribution is 2.25. The van der Waals surface area contributed by atoms with Crippen LogP contribution in [-0.4, -0.2) is 37.6 Å². The molecule has 0 aliphatic heterocycles. The van der Waals surface area contributed by atoms with E-state index in [-0.39, 0.29) is 11.4 Å². The molecule has 2 aromatic carbocycles. The standard InChI is InChI=1S/C22H19ClN2O5S/c23-18-5-9-20(10-6-18)31(28,29)25-13-11-21(17-2-1-12-24-14-17)16-3-7-19(8-4-16)30-15-22(26)27/h1-12,14,25H,13,15H2,(H,26,27)/b21-11+. The second kappa shape index (κ2) is 10.2. The number of halogens is 1. The molecule has 0 aliphatic carbocycles. The normalized spacial score (nSPS) is 11.8. The van der Waals surface area contributed by atoms with Crippen molar-refractivity contribution in [2.45, 2.75) is 4.90 Å². The van der Waals surface area contributed by atoms with Crippen LogP contribution in [0.1, 0.15) is 11.1 Å². The number of rotatable bonds is 9. The Morgan fingerprint density at radius 2 is 1.77 bits per heavy atom. The van der Waals surface area contributed by atoms with Crippen molar-refractivity contribution in [3.05, 3.63) is 95.3 Å². The van der Waals surface area contributed by atoms with E-state index in [1.54, 1.807) is 48.8 Å². The van der Waals surface area contributed by atoms with Crippen LogP contribution in [-0.2, 0) is 14.8 Å². The Hall–Kier alpha value is -3.20. The Kier molecular flexibility index (Phi) is 7.41. The predicted molar refractivity (Wildman–Crippen MR) is 118 cm³/mol. The lowest BCUT2D eigenvalue weighted by atomic mass is 9.99. The Bertz CT molecular complexity index is 1160. The number of pyridine rings is 1. The van der Waals surface area contributed by atoms with Crippen LogP contribution < -0.4 is 9.46 Å². The van der Waals surface area contributed by atoms with E-state index in [9.17, 15) is 13.2 Å². The van der Waals surface area contributed by atoms with Crippen molar-refractivity contribution in [3.8, 4) is 5.75 Å². The van der Waals surface area contributed by atoms with Crippen molar-refractivity contribution in [2.24, 2.45) is 0 Å². The Labute approximate surface area is 185 Å². The molecule has 0 atom stereocenters. The minimum atomic E-state index is -3.70. The number of hydrogen-bond acceptors (Lipinski definition) is 5. The number of nitrogens with one attached hydrogen (secondary N) is 1. The van der Waals surface area contributed by atoms with E-state index in [1.807, 2.05) is 6.07 Å². The highest BCUT2D eigenvalue weighted by Gasteiger charge is 2.13. The first kappa shape index (κ1) is 22.5. The Morgan fingerprint density at radius 3 is 2.39 bits per heavy atom. The molecule has 1 heterocycles. The average Bonchev–Trinajstić information content (AvgIpc) is 2.77. The first-order chi connectivity index (χ1) is 14.8. The maximum Gasteiger partial charge on any atom is 0.341 e. The summed E-state index contributed by atoms with van der Waals surface area (Å²) in [5.74, 6) is -0.645. The maximum absolute atomic E-state index is 12.5. The summed E-state index contributed by atoms with van der Waals surface area (Å²) < 4.78 is 32.7. The molecule has 0 spiro atoms. The molecular weight excluding hydrogens is 440 g/mol. The Morgan fingerprint density at radius 1 is 1.06 bits per heavy atom. The largest absolute Gasteiger partial charge is 0.482 e. The molecule has 0 saturated heterocycles. The van der Waals surface area contributed by atoms with Crippen LogP contribution in [0.3, 0.4) is 0 Å². The summed E-state index contributed by atoms with van der Waals surface area (Å²) in [4.78, 5) is 14.9. The van der Waals surface area contributed by atoms with Crippen molar-refractivity contribution in [3.63, 3.8) is 0 Å². The molecule has 0 bridgehead atoms. The summed E-state index contributed by atoms with van der Waals surface area (Å²) in [7, 11) is -3.70. The second-order valence-electron chi connectivity index (χ2n) is 6.37. The van der Waals surface area contributed by atoms with Gasteiger partial charge in [0.1, 0.15) is 5.75 Å². The van der Waals surface area contributed by atoms with E-state index in [0.717, 1.165) is 16.7 Å². The number of benzene rings is 2. The van der Waals surface area contributed by atoms with Crippen molar-refractivity contribution < 1.29 is 23.1 Å². The zero-order chi connectivity index (χ0) is 22.3. The van der Waals surface area contributed by atoms with Gasteiger partial charge in [0.25, 0.3) is 0 Å². The van der Waals surface area contributed by atoms with Crippen LogP contribution in [0.25, 0.3) is 5.57 Å². The summed E-state index contributed by atoms with van der Waals surface area (Å²) in [6, 6.07) is 16.4. The number of hydrogen-bond donors (Lipinski definition) is 2. The first-order valence-electron chi connectivity index (χ1n) is 9.16. The lowest BCUT2D eigenvalue weighted by Crippen LogP contribution is -2.24. The van der Waals surface area contributed by atoms with Crippen molar-refractivity contribution in [1.82, 2.24) is 9.71 Å². The smallest absolute Gasteiger partial charge is 0.341 e. The molecule has 31 heavy (non-hydrogen) atoms. The predicted octanol–water partition coefficient (Wildman–Crippen LogP) is 3.61. The van der Waals surface area contributed by atoms with Crippen molar-refractivity contribution in [2.75, 3.05) is 13.2 Å². The molecular formula is C22H19ClN2O5S. The van der Waals surface area contributed by atoms with Gasteiger partial charge in [0, 0.05) is 29.5 Å². The zero-order valence-corrected chi connectivity index (χ0v) is 17.8. The molecule has 3 aromatic rings. The topological polar surface area (TPSA) is 106 Å². The van der Waals surface area contributed by atoms with E-state index in [0.29, 0.717) is 10.8 Å². The minimum absolute atomic E-state index is 0.0481. The monoisotopic (exact) mass is 458 g/mol. The molecule has 0 amide bonds. The van der Waals surface area contributed by atoms with Gasteiger partial charge in [-0.15, -0.1) is 0 Å². The fourth-order valence-corrected chi connectivity index (χ4v) is 3.84. The van der Waals surface area contributed by atoms with Crippen LogP contribution in [0.4, 0.5) is 0 Å². The molecule has 0 aliphatic rings. The molecule has 7 nitrogen and oxygen atoms in total. The van der Waals surface area contributed by atoms with Crippen molar-refractivity contribution >= 4 is 33.2 Å². The van der Waals surface area contributed by atoms with Crippen LogP contribution >= 0.6 is 11.6 Å². The highest BCUT2D eigenvalue weighted by atomic mass is 35.5. The molecule has 160 valence electrons. The molecule has 0 fully saturated rings. The number of ether oxygens (including phenoxy) is 1. The fourth-order valence-electron chi connectivity index (χ4n) is 2.75. The van der Waals surface area contributed by atoms with Crippen LogP contribution in [0.2, 0.25) is 5.02 Å². The lowest BCUT2D eigenvalue weighted by Gasteiger charge is -2.11.